The van der Waals surface area contributed by atoms with Crippen LogP contribution in [0.4, 0.5) is 0 Å². The van der Waals surface area contributed by atoms with Gasteiger partial charge in [-0.3, -0.25) is 4.79 Å². The highest BCUT2D eigenvalue weighted by Gasteiger charge is 2.03. The van der Waals surface area contributed by atoms with Crippen molar-refractivity contribution in [2.24, 2.45) is 0 Å². The Kier molecular flexibility index (Phi) is 5.17. The van der Waals surface area contributed by atoms with E-state index in [0.29, 0.717) is 13.0 Å². The highest BCUT2D eigenvalue weighted by atomic mass is 16.5. The number of carbonyl (C=O) groups is 1. The number of ether oxygens (including phenoxy) is 1. The SMILES string of the molecule is O=C(CCc1ccccc1)OCCCc1cnc[nH]1. The van der Waals surface area contributed by atoms with Crippen LogP contribution in [0.3, 0.4) is 0 Å². The van der Waals surface area contributed by atoms with Crippen LogP contribution in [0.5, 0.6) is 0 Å². The van der Waals surface area contributed by atoms with Crippen LogP contribution in [-0.4, -0.2) is 22.5 Å². The summed E-state index contributed by atoms with van der Waals surface area (Å²) >= 11 is 0. The molecule has 0 aliphatic heterocycles. The van der Waals surface area contributed by atoms with Gasteiger partial charge in [-0.05, 0) is 24.8 Å². The predicted octanol–water partition coefficient (Wildman–Crippen LogP) is 2.52. The van der Waals surface area contributed by atoms with Crippen molar-refractivity contribution in [1.29, 1.82) is 0 Å². The minimum Gasteiger partial charge on any atom is -0.466 e. The van der Waals surface area contributed by atoms with Crippen LogP contribution in [0.15, 0.2) is 42.9 Å². The Morgan fingerprint density at radius 1 is 1.21 bits per heavy atom. The average Bonchev–Trinajstić information content (AvgIpc) is 2.96. The number of rotatable bonds is 7. The lowest BCUT2D eigenvalue weighted by molar-refractivity contribution is -0.143. The normalized spacial score (nSPS) is 10.3. The minimum atomic E-state index is -0.131. The van der Waals surface area contributed by atoms with Crippen LogP contribution >= 0.6 is 0 Å². The fourth-order valence-corrected chi connectivity index (χ4v) is 1.83. The molecule has 0 fully saturated rings. The molecule has 0 aliphatic rings. The molecule has 0 bridgehead atoms. The van der Waals surface area contributed by atoms with Crippen LogP contribution in [0.1, 0.15) is 24.1 Å². The molecule has 0 saturated heterocycles. The summed E-state index contributed by atoms with van der Waals surface area (Å²) in [5.74, 6) is -0.131. The highest BCUT2D eigenvalue weighted by Crippen LogP contribution is 2.04. The van der Waals surface area contributed by atoms with E-state index in [2.05, 4.69) is 9.97 Å². The summed E-state index contributed by atoms with van der Waals surface area (Å²) in [6, 6.07) is 9.96. The Morgan fingerprint density at radius 3 is 2.79 bits per heavy atom. The van der Waals surface area contributed by atoms with Gasteiger partial charge in [0.1, 0.15) is 0 Å². The van der Waals surface area contributed by atoms with Crippen molar-refractivity contribution in [3.8, 4) is 0 Å². The first-order chi connectivity index (χ1) is 9.34. The van der Waals surface area contributed by atoms with Gasteiger partial charge in [0, 0.05) is 18.3 Å². The fourth-order valence-electron chi connectivity index (χ4n) is 1.83. The van der Waals surface area contributed by atoms with E-state index < -0.39 is 0 Å². The van der Waals surface area contributed by atoms with Crippen LogP contribution in [0.25, 0.3) is 0 Å². The van der Waals surface area contributed by atoms with E-state index >= 15 is 0 Å². The van der Waals surface area contributed by atoms with Gasteiger partial charge in [0.05, 0.1) is 12.9 Å². The number of esters is 1. The molecule has 19 heavy (non-hydrogen) atoms. The number of carbonyl (C=O) groups excluding carboxylic acids is 1. The predicted molar refractivity (Wildman–Crippen MR) is 72.6 cm³/mol. The molecule has 1 N–H and O–H groups in total. The van der Waals surface area contributed by atoms with E-state index in [0.717, 1.165) is 30.5 Å². The van der Waals surface area contributed by atoms with Gasteiger partial charge >= 0.3 is 5.97 Å². The maximum Gasteiger partial charge on any atom is 0.306 e. The van der Waals surface area contributed by atoms with Crippen molar-refractivity contribution in [2.75, 3.05) is 6.61 Å². The maximum atomic E-state index is 11.5. The standard InChI is InChI=1S/C15H18N2O2/c18-15(9-8-13-5-2-1-3-6-13)19-10-4-7-14-11-16-12-17-14/h1-3,5-6,11-12H,4,7-10H2,(H,16,17). The topological polar surface area (TPSA) is 55.0 Å². The molecule has 2 aromatic rings. The zero-order chi connectivity index (χ0) is 13.3. The van der Waals surface area contributed by atoms with Crippen LogP contribution in [-0.2, 0) is 22.4 Å². The smallest absolute Gasteiger partial charge is 0.306 e. The number of nitrogens with zero attached hydrogens (tertiary/aromatic N) is 1. The molecule has 4 heteroatoms. The lowest BCUT2D eigenvalue weighted by Gasteiger charge is -2.04. The number of hydrogen-bond donors (Lipinski definition) is 1. The van der Waals surface area contributed by atoms with Crippen molar-refractivity contribution in [1.82, 2.24) is 9.97 Å². The molecule has 0 unspecified atom stereocenters. The molecule has 1 aromatic heterocycles. The summed E-state index contributed by atoms with van der Waals surface area (Å²) in [5, 5.41) is 0. The summed E-state index contributed by atoms with van der Waals surface area (Å²) in [6.07, 6.45) is 6.29. The van der Waals surface area contributed by atoms with E-state index in [4.69, 9.17) is 4.74 Å². The molecular weight excluding hydrogens is 240 g/mol. The Hall–Kier alpha value is -2.10. The van der Waals surface area contributed by atoms with E-state index in [1.165, 1.54) is 0 Å². The zero-order valence-corrected chi connectivity index (χ0v) is 10.8. The van der Waals surface area contributed by atoms with Crippen LogP contribution in [0, 0.1) is 0 Å². The second kappa shape index (κ2) is 7.36. The average molecular weight is 258 g/mol. The number of imidazole rings is 1. The summed E-state index contributed by atoms with van der Waals surface area (Å²) in [5.41, 5.74) is 2.23. The molecule has 1 aromatic carbocycles. The Morgan fingerprint density at radius 2 is 2.05 bits per heavy atom. The quantitative estimate of drug-likeness (QED) is 0.613. The molecule has 4 nitrogen and oxygen atoms in total. The van der Waals surface area contributed by atoms with Crippen molar-refractivity contribution in [2.45, 2.75) is 25.7 Å². The number of benzene rings is 1. The number of aromatic nitrogens is 2. The number of H-pyrrole nitrogens is 1. The van der Waals surface area contributed by atoms with Crippen molar-refractivity contribution < 1.29 is 9.53 Å². The molecule has 0 amide bonds. The Balaban J connectivity index is 1.57. The summed E-state index contributed by atoms with van der Waals surface area (Å²) in [7, 11) is 0. The van der Waals surface area contributed by atoms with Crippen LogP contribution < -0.4 is 0 Å². The highest BCUT2D eigenvalue weighted by molar-refractivity contribution is 5.69. The fraction of sp³-hybridized carbons (Fsp3) is 0.333. The largest absolute Gasteiger partial charge is 0.466 e. The molecule has 0 aliphatic carbocycles. The summed E-state index contributed by atoms with van der Waals surface area (Å²) in [4.78, 5) is 18.5. The van der Waals surface area contributed by atoms with Crippen LogP contribution in [0.2, 0.25) is 0 Å². The van der Waals surface area contributed by atoms with E-state index in [9.17, 15) is 4.79 Å². The first-order valence-electron chi connectivity index (χ1n) is 6.51. The van der Waals surface area contributed by atoms with Gasteiger partial charge in [0.15, 0.2) is 0 Å². The monoisotopic (exact) mass is 258 g/mol. The molecule has 2 rings (SSSR count). The van der Waals surface area contributed by atoms with Gasteiger partial charge in [-0.1, -0.05) is 30.3 Å². The van der Waals surface area contributed by atoms with Gasteiger partial charge < -0.3 is 9.72 Å². The minimum absolute atomic E-state index is 0.131. The summed E-state index contributed by atoms with van der Waals surface area (Å²) in [6.45, 7) is 0.465. The van der Waals surface area contributed by atoms with Gasteiger partial charge in [0.25, 0.3) is 0 Å². The maximum absolute atomic E-state index is 11.5. The van der Waals surface area contributed by atoms with Gasteiger partial charge in [-0.15, -0.1) is 0 Å². The summed E-state index contributed by atoms with van der Waals surface area (Å²) < 4.78 is 5.19. The van der Waals surface area contributed by atoms with Gasteiger partial charge in [0.2, 0.25) is 0 Å². The molecule has 1 heterocycles. The van der Waals surface area contributed by atoms with Crippen molar-refractivity contribution in [3.63, 3.8) is 0 Å². The van der Waals surface area contributed by atoms with E-state index in [1.807, 2.05) is 30.3 Å². The number of nitrogens with one attached hydrogen (secondary N) is 1. The first kappa shape index (κ1) is 13.3. The third-order valence-electron chi connectivity index (χ3n) is 2.87. The first-order valence-corrected chi connectivity index (χ1v) is 6.51. The van der Waals surface area contributed by atoms with E-state index in [-0.39, 0.29) is 5.97 Å². The molecule has 0 radical (unpaired) electrons. The Bertz CT molecular complexity index is 480. The van der Waals surface area contributed by atoms with Crippen molar-refractivity contribution in [3.05, 3.63) is 54.1 Å². The Labute approximate surface area is 112 Å². The van der Waals surface area contributed by atoms with Crippen molar-refractivity contribution >= 4 is 5.97 Å². The molecule has 0 saturated carbocycles. The lowest BCUT2D eigenvalue weighted by atomic mass is 10.1. The number of hydrogen-bond acceptors (Lipinski definition) is 3. The second-order valence-electron chi connectivity index (χ2n) is 4.39. The number of aromatic amines is 1. The van der Waals surface area contributed by atoms with Gasteiger partial charge in [-0.2, -0.15) is 0 Å². The zero-order valence-electron chi connectivity index (χ0n) is 10.8. The molecule has 0 atom stereocenters. The molecule has 0 spiro atoms. The van der Waals surface area contributed by atoms with Gasteiger partial charge in [-0.25, -0.2) is 4.98 Å². The van der Waals surface area contributed by atoms with E-state index in [1.54, 1.807) is 12.5 Å². The molecule has 100 valence electrons. The second-order valence-corrected chi connectivity index (χ2v) is 4.39. The molecular formula is C15H18N2O2. The number of aryl methyl sites for hydroxylation is 2. The lowest BCUT2D eigenvalue weighted by Crippen LogP contribution is -2.07. The third kappa shape index (κ3) is 4.95. The third-order valence-corrected chi connectivity index (χ3v) is 2.87.